The van der Waals surface area contributed by atoms with Gasteiger partial charge in [0.25, 0.3) is 0 Å². The summed E-state index contributed by atoms with van der Waals surface area (Å²) in [6, 6.07) is 3.68. The molecule has 0 bridgehead atoms. The van der Waals surface area contributed by atoms with E-state index in [2.05, 4.69) is 0 Å². The number of aryl methyl sites for hydroxylation is 1. The lowest BCUT2D eigenvalue weighted by Crippen LogP contribution is -2.21. The van der Waals surface area contributed by atoms with Gasteiger partial charge in [0.1, 0.15) is 18.5 Å². The lowest BCUT2D eigenvalue weighted by atomic mass is 10.1. The summed E-state index contributed by atoms with van der Waals surface area (Å²) in [6.07, 6.45) is -0.856. The number of hydrogen-bond acceptors (Lipinski definition) is 4. The normalized spacial score (nSPS) is 12.5. The van der Waals surface area contributed by atoms with E-state index in [-0.39, 0.29) is 13.2 Å². The topological polar surface area (TPSA) is 75.7 Å². The summed E-state index contributed by atoms with van der Waals surface area (Å²) in [4.78, 5) is 0. The third-order valence-corrected chi connectivity index (χ3v) is 2.28. The molecule has 1 rings (SSSR count). The summed E-state index contributed by atoms with van der Waals surface area (Å²) >= 11 is 0. The van der Waals surface area contributed by atoms with E-state index in [1.54, 1.807) is 0 Å². The molecule has 4 N–H and O–H groups in total. The summed E-state index contributed by atoms with van der Waals surface area (Å²) < 4.78 is 5.41. The first-order chi connectivity index (χ1) is 7.06. The molecule has 0 heterocycles. The molecule has 0 saturated heterocycles. The van der Waals surface area contributed by atoms with Crippen LogP contribution in [0.4, 0.5) is 5.69 Å². The van der Waals surface area contributed by atoms with Crippen LogP contribution in [-0.2, 0) is 0 Å². The van der Waals surface area contributed by atoms with Crippen LogP contribution in [0.5, 0.6) is 5.75 Å². The van der Waals surface area contributed by atoms with Crippen molar-refractivity contribution in [2.24, 2.45) is 0 Å². The molecule has 4 heteroatoms. The number of benzene rings is 1. The largest absolute Gasteiger partial charge is 0.490 e. The first-order valence-corrected chi connectivity index (χ1v) is 4.83. The van der Waals surface area contributed by atoms with Crippen LogP contribution in [0.15, 0.2) is 12.1 Å². The molecule has 0 aromatic heterocycles. The van der Waals surface area contributed by atoms with Crippen molar-refractivity contribution in [3.05, 3.63) is 23.3 Å². The third kappa shape index (κ3) is 2.84. The van der Waals surface area contributed by atoms with Gasteiger partial charge in [0, 0.05) is 11.3 Å². The zero-order valence-electron chi connectivity index (χ0n) is 9.03. The van der Waals surface area contributed by atoms with Gasteiger partial charge in [-0.1, -0.05) is 6.07 Å². The van der Waals surface area contributed by atoms with Crippen LogP contribution >= 0.6 is 0 Å². The molecule has 15 heavy (non-hydrogen) atoms. The van der Waals surface area contributed by atoms with E-state index in [9.17, 15) is 0 Å². The molecule has 0 radical (unpaired) electrons. The van der Waals surface area contributed by atoms with Crippen molar-refractivity contribution in [1.82, 2.24) is 0 Å². The van der Waals surface area contributed by atoms with Crippen molar-refractivity contribution in [2.45, 2.75) is 20.0 Å². The maximum Gasteiger partial charge on any atom is 0.127 e. The Bertz CT molecular complexity index is 339. The monoisotopic (exact) mass is 211 g/mol. The fraction of sp³-hybridized carbons (Fsp3) is 0.455. The second-order valence-corrected chi connectivity index (χ2v) is 3.57. The van der Waals surface area contributed by atoms with E-state index in [0.717, 1.165) is 11.1 Å². The molecule has 0 aliphatic carbocycles. The maximum absolute atomic E-state index is 9.16. The van der Waals surface area contributed by atoms with Crippen molar-refractivity contribution >= 4 is 5.69 Å². The van der Waals surface area contributed by atoms with Crippen LogP contribution in [0.3, 0.4) is 0 Å². The molecule has 0 aliphatic rings. The Balaban J connectivity index is 2.80. The zero-order valence-corrected chi connectivity index (χ0v) is 9.03. The van der Waals surface area contributed by atoms with Gasteiger partial charge in [-0.05, 0) is 25.5 Å². The minimum atomic E-state index is -0.856. The van der Waals surface area contributed by atoms with Crippen LogP contribution in [-0.4, -0.2) is 29.5 Å². The SMILES string of the molecule is Cc1ccc(N)c(C)c1OCC(O)CO. The van der Waals surface area contributed by atoms with Gasteiger partial charge in [-0.3, -0.25) is 0 Å². The summed E-state index contributed by atoms with van der Waals surface area (Å²) in [7, 11) is 0. The summed E-state index contributed by atoms with van der Waals surface area (Å²) in [5.74, 6) is 0.683. The Morgan fingerprint density at radius 1 is 1.40 bits per heavy atom. The molecule has 0 amide bonds. The zero-order chi connectivity index (χ0) is 11.4. The van der Waals surface area contributed by atoms with Crippen molar-refractivity contribution in [3.63, 3.8) is 0 Å². The predicted octanol–water partition coefficient (Wildman–Crippen LogP) is 0.618. The number of aliphatic hydroxyl groups excluding tert-OH is 2. The molecule has 1 aromatic rings. The molecule has 1 atom stereocenters. The Hall–Kier alpha value is -1.26. The van der Waals surface area contributed by atoms with E-state index in [1.165, 1.54) is 0 Å². The smallest absolute Gasteiger partial charge is 0.127 e. The first kappa shape index (κ1) is 11.8. The lowest BCUT2D eigenvalue weighted by Gasteiger charge is -2.15. The van der Waals surface area contributed by atoms with E-state index >= 15 is 0 Å². The van der Waals surface area contributed by atoms with Gasteiger partial charge in [0.15, 0.2) is 0 Å². The fourth-order valence-corrected chi connectivity index (χ4v) is 1.30. The number of anilines is 1. The van der Waals surface area contributed by atoms with Gasteiger partial charge >= 0.3 is 0 Å². The molecule has 84 valence electrons. The van der Waals surface area contributed by atoms with Gasteiger partial charge in [-0.25, -0.2) is 0 Å². The highest BCUT2D eigenvalue weighted by molar-refractivity contribution is 5.56. The number of nitrogen functional groups attached to an aromatic ring is 1. The molecule has 0 aliphatic heterocycles. The standard InChI is InChI=1S/C11H17NO3/c1-7-3-4-10(12)8(2)11(7)15-6-9(14)5-13/h3-4,9,13-14H,5-6,12H2,1-2H3. The van der Waals surface area contributed by atoms with Gasteiger partial charge in [0.2, 0.25) is 0 Å². The minimum Gasteiger partial charge on any atom is -0.490 e. The Labute approximate surface area is 89.3 Å². The van der Waals surface area contributed by atoms with Gasteiger partial charge in [-0.2, -0.15) is 0 Å². The number of hydrogen-bond donors (Lipinski definition) is 3. The average Bonchev–Trinajstić information content (AvgIpc) is 2.23. The lowest BCUT2D eigenvalue weighted by molar-refractivity contribution is 0.0532. The van der Waals surface area contributed by atoms with Crippen molar-refractivity contribution < 1.29 is 14.9 Å². The van der Waals surface area contributed by atoms with Crippen LogP contribution in [0.1, 0.15) is 11.1 Å². The van der Waals surface area contributed by atoms with Gasteiger partial charge < -0.3 is 20.7 Å². The van der Waals surface area contributed by atoms with Gasteiger partial charge in [-0.15, -0.1) is 0 Å². The summed E-state index contributed by atoms with van der Waals surface area (Å²) in [5, 5.41) is 17.8. The van der Waals surface area contributed by atoms with E-state index in [0.29, 0.717) is 11.4 Å². The van der Waals surface area contributed by atoms with Crippen LogP contribution in [0.2, 0.25) is 0 Å². The molecule has 0 saturated carbocycles. The van der Waals surface area contributed by atoms with Crippen molar-refractivity contribution in [2.75, 3.05) is 18.9 Å². The molecule has 0 spiro atoms. The fourth-order valence-electron chi connectivity index (χ4n) is 1.30. The van der Waals surface area contributed by atoms with E-state index in [1.807, 2.05) is 26.0 Å². The van der Waals surface area contributed by atoms with E-state index in [4.69, 9.17) is 20.7 Å². The molecule has 0 fully saturated rings. The number of nitrogens with two attached hydrogens (primary N) is 1. The molecule has 1 unspecified atom stereocenters. The highest BCUT2D eigenvalue weighted by atomic mass is 16.5. The maximum atomic E-state index is 9.16. The van der Waals surface area contributed by atoms with Crippen molar-refractivity contribution in [3.8, 4) is 5.75 Å². The second kappa shape index (κ2) is 5.00. The predicted molar refractivity (Wildman–Crippen MR) is 58.9 cm³/mol. The molecule has 1 aromatic carbocycles. The van der Waals surface area contributed by atoms with Crippen LogP contribution in [0.25, 0.3) is 0 Å². The highest BCUT2D eigenvalue weighted by Crippen LogP contribution is 2.27. The third-order valence-electron chi connectivity index (χ3n) is 2.28. The second-order valence-electron chi connectivity index (χ2n) is 3.57. The molecular weight excluding hydrogens is 194 g/mol. The van der Waals surface area contributed by atoms with E-state index < -0.39 is 6.10 Å². The Morgan fingerprint density at radius 3 is 2.67 bits per heavy atom. The van der Waals surface area contributed by atoms with Crippen LogP contribution < -0.4 is 10.5 Å². The number of aliphatic hydroxyl groups is 2. The Kier molecular flexibility index (Phi) is 3.94. The van der Waals surface area contributed by atoms with Crippen molar-refractivity contribution in [1.29, 1.82) is 0 Å². The Morgan fingerprint density at radius 2 is 2.07 bits per heavy atom. The summed E-state index contributed by atoms with van der Waals surface area (Å²) in [5.41, 5.74) is 8.22. The average molecular weight is 211 g/mol. The number of rotatable bonds is 4. The van der Waals surface area contributed by atoms with Crippen LogP contribution in [0, 0.1) is 13.8 Å². The molecule has 4 nitrogen and oxygen atoms in total. The minimum absolute atomic E-state index is 0.0711. The summed E-state index contributed by atoms with van der Waals surface area (Å²) in [6.45, 7) is 3.54. The quantitative estimate of drug-likeness (QED) is 0.638. The highest BCUT2D eigenvalue weighted by Gasteiger charge is 2.09. The number of ether oxygens (including phenoxy) is 1. The molecular formula is C11H17NO3. The van der Waals surface area contributed by atoms with Gasteiger partial charge in [0.05, 0.1) is 6.61 Å². The first-order valence-electron chi connectivity index (χ1n) is 4.83.